The van der Waals surface area contributed by atoms with E-state index in [1.165, 1.54) is 19.1 Å². The number of hydrogen-bond donors (Lipinski definition) is 8. The number of rotatable bonds is 15. The molecule has 0 aliphatic rings. The number of benzene rings is 1. The first-order valence-corrected chi connectivity index (χ1v) is 12.0. The van der Waals surface area contributed by atoms with Crippen LogP contribution in [-0.4, -0.2) is 70.6 Å². The quantitative estimate of drug-likeness (QED) is 0.0794. The van der Waals surface area contributed by atoms with Gasteiger partial charge in [0.15, 0.2) is 5.96 Å². The number of nitrogens with zero attached hydrogens (tertiary/aromatic N) is 1. The predicted molar refractivity (Wildman–Crippen MR) is 138 cm³/mol. The van der Waals surface area contributed by atoms with E-state index >= 15 is 0 Å². The van der Waals surface area contributed by atoms with Gasteiger partial charge in [0.25, 0.3) is 0 Å². The molecule has 13 heteroatoms. The lowest BCUT2D eigenvalue weighted by Gasteiger charge is -2.24. The number of hydrogen-bond acceptors (Lipinski definition) is 7. The topological polar surface area (TPSA) is 235 Å². The number of aromatic hydroxyl groups is 1. The van der Waals surface area contributed by atoms with Gasteiger partial charge in [-0.2, -0.15) is 0 Å². The summed E-state index contributed by atoms with van der Waals surface area (Å²) < 4.78 is 0. The molecule has 0 fully saturated rings. The van der Waals surface area contributed by atoms with E-state index in [9.17, 15) is 29.4 Å². The molecule has 4 atom stereocenters. The van der Waals surface area contributed by atoms with Crippen LogP contribution in [0.25, 0.3) is 0 Å². The Balaban J connectivity index is 2.88. The molecule has 0 saturated carbocycles. The third-order valence-electron chi connectivity index (χ3n) is 5.38. The summed E-state index contributed by atoms with van der Waals surface area (Å²) in [4.78, 5) is 53.6. The number of nitrogens with two attached hydrogens (primary N) is 3. The largest absolute Gasteiger partial charge is 0.508 e. The molecule has 1 aromatic rings. The third-order valence-corrected chi connectivity index (χ3v) is 5.38. The highest BCUT2D eigenvalue weighted by Gasteiger charge is 2.28. The summed E-state index contributed by atoms with van der Waals surface area (Å²) in [5.41, 5.74) is 17.1. The van der Waals surface area contributed by atoms with Crippen LogP contribution in [0, 0.1) is 5.92 Å². The molecule has 0 saturated heterocycles. The number of nitrogens with one attached hydrogen (secondary N) is 3. The Morgan fingerprint density at radius 3 is 2.05 bits per heavy atom. The van der Waals surface area contributed by atoms with Crippen molar-refractivity contribution in [3.8, 4) is 5.75 Å². The van der Waals surface area contributed by atoms with Gasteiger partial charge in [0.1, 0.15) is 23.9 Å². The Hall–Kier alpha value is -3.87. The molecule has 3 amide bonds. The molecular formula is C24H39N7O6. The van der Waals surface area contributed by atoms with Gasteiger partial charge in [0.2, 0.25) is 17.7 Å². The smallest absolute Gasteiger partial charge is 0.326 e. The van der Waals surface area contributed by atoms with Gasteiger partial charge in [-0.3, -0.25) is 19.4 Å². The lowest BCUT2D eigenvalue weighted by Crippen LogP contribution is -2.57. The van der Waals surface area contributed by atoms with Crippen molar-refractivity contribution in [3.05, 3.63) is 29.8 Å². The van der Waals surface area contributed by atoms with Crippen LogP contribution < -0.4 is 33.2 Å². The first-order valence-electron chi connectivity index (χ1n) is 12.0. The number of carbonyl (C=O) groups excluding carboxylic acids is 3. The van der Waals surface area contributed by atoms with Crippen molar-refractivity contribution in [2.75, 3.05) is 6.54 Å². The zero-order valence-corrected chi connectivity index (χ0v) is 21.4. The van der Waals surface area contributed by atoms with Crippen molar-refractivity contribution in [1.82, 2.24) is 16.0 Å². The van der Waals surface area contributed by atoms with Crippen molar-refractivity contribution in [1.29, 1.82) is 0 Å². The second-order valence-corrected chi connectivity index (χ2v) is 9.25. The van der Waals surface area contributed by atoms with Gasteiger partial charge in [-0.15, -0.1) is 0 Å². The molecule has 1 rings (SSSR count). The van der Waals surface area contributed by atoms with E-state index in [1.54, 1.807) is 12.1 Å². The molecule has 0 radical (unpaired) electrons. The normalized spacial score (nSPS) is 14.1. The molecular weight excluding hydrogens is 482 g/mol. The summed E-state index contributed by atoms with van der Waals surface area (Å²) in [6.45, 7) is 5.43. The van der Waals surface area contributed by atoms with Crippen molar-refractivity contribution in [2.45, 2.75) is 70.6 Å². The van der Waals surface area contributed by atoms with Crippen LogP contribution >= 0.6 is 0 Å². The maximum atomic E-state index is 13.1. The number of phenols is 1. The Bertz CT molecular complexity index is 947. The van der Waals surface area contributed by atoms with Crippen LogP contribution in [0.2, 0.25) is 0 Å². The minimum Gasteiger partial charge on any atom is -0.508 e. The van der Waals surface area contributed by atoms with Gasteiger partial charge in [0.05, 0.1) is 6.04 Å². The standard InChI is InChI=1S/C24H39N7O6/c1-13(2)11-17(25)21(34)31-19(12-15-6-8-16(32)9-7-15)22(35)29-14(3)20(33)30-18(23(36)37)5-4-10-28-24(26)27/h6-9,13-14,17-19,32H,4-5,10-12,25H2,1-3H3,(H,29,35)(H,30,33)(H,31,34)(H,36,37)(H4,26,27,28)/t14-,17-,18-,19-/m0/s1. The van der Waals surface area contributed by atoms with E-state index in [-0.39, 0.29) is 37.0 Å². The van der Waals surface area contributed by atoms with Crippen LogP contribution in [0.5, 0.6) is 5.75 Å². The minimum atomic E-state index is -1.24. The molecule has 206 valence electrons. The summed E-state index contributed by atoms with van der Waals surface area (Å²) in [7, 11) is 0. The number of phenolic OH excluding ortho intramolecular Hbond substituents is 1. The Labute approximate surface area is 216 Å². The number of aliphatic imine (C=N–C) groups is 1. The fourth-order valence-corrected chi connectivity index (χ4v) is 3.41. The second-order valence-electron chi connectivity index (χ2n) is 9.25. The monoisotopic (exact) mass is 521 g/mol. The van der Waals surface area contributed by atoms with Gasteiger partial charge in [0, 0.05) is 13.0 Å². The van der Waals surface area contributed by atoms with E-state index in [1.807, 2.05) is 13.8 Å². The van der Waals surface area contributed by atoms with E-state index in [4.69, 9.17) is 17.2 Å². The Morgan fingerprint density at radius 1 is 0.919 bits per heavy atom. The molecule has 0 spiro atoms. The lowest BCUT2D eigenvalue weighted by molar-refractivity contribution is -0.142. The minimum absolute atomic E-state index is 0.0457. The highest BCUT2D eigenvalue weighted by atomic mass is 16.4. The molecule has 11 N–H and O–H groups in total. The molecule has 0 unspecified atom stereocenters. The molecule has 0 aliphatic heterocycles. The summed E-state index contributed by atoms with van der Waals surface area (Å²) in [6.07, 6.45) is 0.875. The van der Waals surface area contributed by atoms with Crippen molar-refractivity contribution in [2.24, 2.45) is 28.1 Å². The molecule has 1 aromatic carbocycles. The van der Waals surface area contributed by atoms with Crippen LogP contribution in [0.4, 0.5) is 0 Å². The number of carboxylic acids is 1. The zero-order chi connectivity index (χ0) is 28.1. The fraction of sp³-hybridized carbons (Fsp3) is 0.542. The number of guanidine groups is 1. The molecule has 37 heavy (non-hydrogen) atoms. The Morgan fingerprint density at radius 2 is 1.51 bits per heavy atom. The molecule has 13 nitrogen and oxygen atoms in total. The van der Waals surface area contributed by atoms with Crippen LogP contribution in [0.3, 0.4) is 0 Å². The van der Waals surface area contributed by atoms with E-state index in [0.29, 0.717) is 18.4 Å². The highest BCUT2D eigenvalue weighted by Crippen LogP contribution is 2.12. The summed E-state index contributed by atoms with van der Waals surface area (Å²) in [6, 6.07) is 1.90. The van der Waals surface area contributed by atoms with Crippen molar-refractivity contribution >= 4 is 29.7 Å². The zero-order valence-electron chi connectivity index (χ0n) is 21.4. The average molecular weight is 522 g/mol. The average Bonchev–Trinajstić information content (AvgIpc) is 2.80. The fourth-order valence-electron chi connectivity index (χ4n) is 3.41. The lowest BCUT2D eigenvalue weighted by atomic mass is 10.0. The van der Waals surface area contributed by atoms with E-state index < -0.39 is 47.9 Å². The third kappa shape index (κ3) is 12.1. The highest BCUT2D eigenvalue weighted by molar-refractivity contribution is 5.94. The first kappa shape index (κ1) is 31.2. The van der Waals surface area contributed by atoms with Gasteiger partial charge >= 0.3 is 5.97 Å². The number of amides is 3. The van der Waals surface area contributed by atoms with Gasteiger partial charge in [-0.25, -0.2) is 4.79 Å². The van der Waals surface area contributed by atoms with Crippen LogP contribution in [-0.2, 0) is 25.6 Å². The summed E-state index contributed by atoms with van der Waals surface area (Å²) in [5, 5.41) is 26.5. The van der Waals surface area contributed by atoms with Crippen molar-refractivity contribution < 1.29 is 29.4 Å². The maximum Gasteiger partial charge on any atom is 0.326 e. The summed E-state index contributed by atoms with van der Waals surface area (Å²) in [5.74, 6) is -3.04. The van der Waals surface area contributed by atoms with E-state index in [0.717, 1.165) is 0 Å². The predicted octanol–water partition coefficient (Wildman–Crippen LogP) is -1.08. The molecule has 0 heterocycles. The SMILES string of the molecule is CC(C)C[C@H](N)C(=O)N[C@@H](Cc1ccc(O)cc1)C(=O)N[C@@H](C)C(=O)N[C@@H](CCCN=C(N)N)C(=O)O. The molecule has 0 bridgehead atoms. The van der Waals surface area contributed by atoms with Crippen LogP contribution in [0.15, 0.2) is 29.3 Å². The number of carbonyl (C=O) groups is 4. The second kappa shape index (κ2) is 15.3. The van der Waals surface area contributed by atoms with Gasteiger partial charge in [-0.05, 0) is 49.8 Å². The van der Waals surface area contributed by atoms with Gasteiger partial charge < -0.3 is 43.4 Å². The van der Waals surface area contributed by atoms with Gasteiger partial charge in [-0.1, -0.05) is 26.0 Å². The maximum absolute atomic E-state index is 13.1. The summed E-state index contributed by atoms with van der Waals surface area (Å²) >= 11 is 0. The van der Waals surface area contributed by atoms with Crippen molar-refractivity contribution in [3.63, 3.8) is 0 Å². The number of aliphatic carboxylic acids is 1. The molecule has 0 aliphatic carbocycles. The first-order chi connectivity index (χ1) is 17.3. The molecule has 0 aromatic heterocycles. The van der Waals surface area contributed by atoms with Crippen LogP contribution in [0.1, 0.15) is 45.6 Å². The number of carboxylic acid groups (broad SMARTS) is 1. The van der Waals surface area contributed by atoms with E-state index in [2.05, 4.69) is 20.9 Å². The Kier molecular flexibility index (Phi) is 12.9.